The summed E-state index contributed by atoms with van der Waals surface area (Å²) in [6, 6.07) is 2.81. The summed E-state index contributed by atoms with van der Waals surface area (Å²) in [7, 11) is 0. The molecule has 2 heterocycles. The molecule has 0 unspecified atom stereocenters. The zero-order valence-electron chi connectivity index (χ0n) is 11.2. The van der Waals surface area contributed by atoms with Crippen molar-refractivity contribution in [3.63, 3.8) is 0 Å². The minimum Gasteiger partial charge on any atom is -0.338 e. The molecule has 0 aromatic carbocycles. The maximum absolute atomic E-state index is 4.52. The van der Waals surface area contributed by atoms with E-state index in [2.05, 4.69) is 19.8 Å². The highest BCUT2D eigenvalue weighted by atomic mass is 15.3. The van der Waals surface area contributed by atoms with Crippen LogP contribution in [0.25, 0.3) is 0 Å². The number of piperazine rings is 1. The lowest BCUT2D eigenvalue weighted by atomic mass is 10.2. The number of aromatic nitrogens is 2. The Kier molecular flexibility index (Phi) is 3.46. The number of nitrogens with zero attached hydrogens (tertiary/aromatic N) is 4. The van der Waals surface area contributed by atoms with Gasteiger partial charge in [0, 0.05) is 44.1 Å². The summed E-state index contributed by atoms with van der Waals surface area (Å²) < 4.78 is 0. The molecule has 3 rings (SSSR count). The number of rotatable bonds is 2. The summed E-state index contributed by atoms with van der Waals surface area (Å²) in [6.07, 6.45) is 7.51. The Balaban J connectivity index is 1.59. The Labute approximate surface area is 109 Å². The number of hydrogen-bond donors (Lipinski definition) is 0. The van der Waals surface area contributed by atoms with Crippen molar-refractivity contribution in [3.05, 3.63) is 18.0 Å². The molecule has 1 saturated carbocycles. The number of anilines is 1. The molecule has 0 bridgehead atoms. The second-order valence-corrected chi connectivity index (χ2v) is 5.46. The molecule has 1 aromatic rings. The fraction of sp³-hybridized carbons (Fsp3) is 0.714. The van der Waals surface area contributed by atoms with E-state index in [1.807, 2.05) is 19.2 Å². The largest absolute Gasteiger partial charge is 0.338 e. The number of hydrogen-bond acceptors (Lipinski definition) is 4. The summed E-state index contributed by atoms with van der Waals surface area (Å²) >= 11 is 0. The molecule has 0 spiro atoms. The van der Waals surface area contributed by atoms with Gasteiger partial charge in [-0.1, -0.05) is 12.8 Å². The third-order valence-corrected chi connectivity index (χ3v) is 4.22. The average Bonchev–Trinajstić information content (AvgIpc) is 2.93. The van der Waals surface area contributed by atoms with Gasteiger partial charge < -0.3 is 4.90 Å². The first-order valence-corrected chi connectivity index (χ1v) is 7.11. The molecule has 1 aromatic heterocycles. The SMILES string of the molecule is Cc1ccnc(N2CCN(C3CCCC3)CC2)n1. The molecule has 4 nitrogen and oxygen atoms in total. The predicted octanol–water partition coefficient (Wildman–Crippen LogP) is 1.85. The Hall–Kier alpha value is -1.16. The van der Waals surface area contributed by atoms with Gasteiger partial charge in [0.25, 0.3) is 0 Å². The van der Waals surface area contributed by atoms with Gasteiger partial charge in [0.15, 0.2) is 0 Å². The van der Waals surface area contributed by atoms with E-state index < -0.39 is 0 Å². The van der Waals surface area contributed by atoms with Crippen LogP contribution in [0.5, 0.6) is 0 Å². The molecular formula is C14H22N4. The van der Waals surface area contributed by atoms with Crippen molar-refractivity contribution in [2.75, 3.05) is 31.1 Å². The van der Waals surface area contributed by atoms with Crippen molar-refractivity contribution in [2.24, 2.45) is 0 Å². The van der Waals surface area contributed by atoms with Gasteiger partial charge in [-0.15, -0.1) is 0 Å². The predicted molar refractivity (Wildman–Crippen MR) is 72.8 cm³/mol. The third kappa shape index (κ3) is 2.48. The van der Waals surface area contributed by atoms with Crippen LogP contribution in [-0.2, 0) is 0 Å². The van der Waals surface area contributed by atoms with Crippen molar-refractivity contribution in [1.29, 1.82) is 0 Å². The normalized spacial score (nSPS) is 22.6. The van der Waals surface area contributed by atoms with E-state index in [-0.39, 0.29) is 0 Å². The van der Waals surface area contributed by atoms with Crippen LogP contribution in [-0.4, -0.2) is 47.1 Å². The summed E-state index contributed by atoms with van der Waals surface area (Å²) in [6.45, 7) is 6.50. The molecule has 1 aliphatic heterocycles. The smallest absolute Gasteiger partial charge is 0.225 e. The Morgan fingerprint density at radius 1 is 1.11 bits per heavy atom. The molecule has 2 aliphatic rings. The second kappa shape index (κ2) is 5.22. The lowest BCUT2D eigenvalue weighted by molar-refractivity contribution is 0.187. The van der Waals surface area contributed by atoms with Gasteiger partial charge in [-0.05, 0) is 25.8 Å². The fourth-order valence-electron chi connectivity index (χ4n) is 3.14. The first kappa shape index (κ1) is 11.9. The fourth-order valence-corrected chi connectivity index (χ4v) is 3.14. The van der Waals surface area contributed by atoms with Crippen molar-refractivity contribution >= 4 is 5.95 Å². The lowest BCUT2D eigenvalue weighted by Gasteiger charge is -2.38. The van der Waals surface area contributed by atoms with E-state index in [9.17, 15) is 0 Å². The highest BCUT2D eigenvalue weighted by Crippen LogP contribution is 2.24. The summed E-state index contributed by atoms with van der Waals surface area (Å²) in [4.78, 5) is 13.9. The summed E-state index contributed by atoms with van der Waals surface area (Å²) in [5.74, 6) is 0.904. The lowest BCUT2D eigenvalue weighted by Crippen LogP contribution is -2.50. The molecule has 1 aliphatic carbocycles. The van der Waals surface area contributed by atoms with Gasteiger partial charge in [0.2, 0.25) is 5.95 Å². The maximum atomic E-state index is 4.52. The molecule has 0 atom stereocenters. The molecule has 18 heavy (non-hydrogen) atoms. The summed E-state index contributed by atoms with van der Waals surface area (Å²) in [5, 5.41) is 0. The van der Waals surface area contributed by atoms with E-state index in [1.54, 1.807) is 0 Å². The van der Waals surface area contributed by atoms with Crippen LogP contribution < -0.4 is 4.90 Å². The summed E-state index contributed by atoms with van der Waals surface area (Å²) in [5.41, 5.74) is 1.05. The number of aryl methyl sites for hydroxylation is 1. The van der Waals surface area contributed by atoms with Crippen LogP contribution >= 0.6 is 0 Å². The van der Waals surface area contributed by atoms with Crippen LogP contribution in [0, 0.1) is 6.92 Å². The van der Waals surface area contributed by atoms with Crippen molar-refractivity contribution in [2.45, 2.75) is 38.6 Å². The van der Waals surface area contributed by atoms with E-state index in [1.165, 1.54) is 38.8 Å². The van der Waals surface area contributed by atoms with Gasteiger partial charge >= 0.3 is 0 Å². The Morgan fingerprint density at radius 2 is 1.83 bits per heavy atom. The first-order valence-electron chi connectivity index (χ1n) is 7.11. The van der Waals surface area contributed by atoms with Crippen molar-refractivity contribution in [1.82, 2.24) is 14.9 Å². The minimum absolute atomic E-state index is 0.852. The average molecular weight is 246 g/mol. The second-order valence-electron chi connectivity index (χ2n) is 5.46. The molecule has 0 amide bonds. The maximum Gasteiger partial charge on any atom is 0.225 e. The highest BCUT2D eigenvalue weighted by molar-refractivity contribution is 5.30. The molecular weight excluding hydrogens is 224 g/mol. The topological polar surface area (TPSA) is 32.3 Å². The van der Waals surface area contributed by atoms with Crippen LogP contribution in [0.4, 0.5) is 5.95 Å². The van der Waals surface area contributed by atoms with E-state index in [4.69, 9.17) is 0 Å². The van der Waals surface area contributed by atoms with Gasteiger partial charge in [-0.2, -0.15) is 0 Å². The van der Waals surface area contributed by atoms with E-state index >= 15 is 0 Å². The minimum atomic E-state index is 0.852. The molecule has 0 N–H and O–H groups in total. The molecule has 2 fully saturated rings. The van der Waals surface area contributed by atoms with Crippen molar-refractivity contribution in [3.8, 4) is 0 Å². The van der Waals surface area contributed by atoms with Crippen LogP contribution in [0.2, 0.25) is 0 Å². The molecule has 4 heteroatoms. The quantitative estimate of drug-likeness (QED) is 0.797. The van der Waals surface area contributed by atoms with Crippen LogP contribution in [0.1, 0.15) is 31.4 Å². The van der Waals surface area contributed by atoms with Crippen LogP contribution in [0.3, 0.4) is 0 Å². The van der Waals surface area contributed by atoms with Gasteiger partial charge in [-0.25, -0.2) is 9.97 Å². The zero-order valence-corrected chi connectivity index (χ0v) is 11.2. The van der Waals surface area contributed by atoms with Gasteiger partial charge in [0.05, 0.1) is 0 Å². The van der Waals surface area contributed by atoms with Crippen LogP contribution in [0.15, 0.2) is 12.3 Å². The monoisotopic (exact) mass is 246 g/mol. The molecule has 0 radical (unpaired) electrons. The highest BCUT2D eigenvalue weighted by Gasteiger charge is 2.26. The van der Waals surface area contributed by atoms with E-state index in [0.717, 1.165) is 30.8 Å². The van der Waals surface area contributed by atoms with E-state index in [0.29, 0.717) is 0 Å². The Bertz CT molecular complexity index is 393. The third-order valence-electron chi connectivity index (χ3n) is 4.22. The molecule has 1 saturated heterocycles. The zero-order chi connectivity index (χ0) is 12.4. The standard InChI is InChI=1S/C14H22N4/c1-12-6-7-15-14(16-12)18-10-8-17(9-11-18)13-4-2-3-5-13/h6-7,13H,2-5,8-11H2,1H3. The Morgan fingerprint density at radius 3 is 2.50 bits per heavy atom. The molecule has 98 valence electrons. The van der Waals surface area contributed by atoms with Gasteiger partial charge in [-0.3, -0.25) is 4.90 Å². The first-order chi connectivity index (χ1) is 8.83. The van der Waals surface area contributed by atoms with Gasteiger partial charge in [0.1, 0.15) is 0 Å². The van der Waals surface area contributed by atoms with Crippen molar-refractivity contribution < 1.29 is 0 Å².